The first kappa shape index (κ1) is 13.6. The van der Waals surface area contributed by atoms with Gasteiger partial charge in [0.1, 0.15) is 0 Å². The monoisotopic (exact) mass is 272 g/mol. The van der Waals surface area contributed by atoms with Gasteiger partial charge in [0.05, 0.1) is 0 Å². The van der Waals surface area contributed by atoms with Gasteiger partial charge >= 0.3 is 0 Å². The molecule has 1 N–H and O–H groups in total. The predicted octanol–water partition coefficient (Wildman–Crippen LogP) is 2.45. The molecule has 0 unspecified atom stereocenters. The van der Waals surface area contributed by atoms with E-state index in [1.54, 1.807) is 0 Å². The van der Waals surface area contributed by atoms with Crippen LogP contribution < -0.4 is 10.2 Å². The van der Waals surface area contributed by atoms with Crippen LogP contribution in [0.25, 0.3) is 0 Å². The number of hydrogen-bond donors (Lipinski definition) is 1. The summed E-state index contributed by atoms with van der Waals surface area (Å²) in [6.45, 7) is 5.09. The van der Waals surface area contributed by atoms with Gasteiger partial charge in [-0.3, -0.25) is 4.79 Å². The first-order valence-electron chi connectivity index (χ1n) is 7.95. The highest BCUT2D eigenvalue weighted by molar-refractivity contribution is 5.94. The lowest BCUT2D eigenvalue weighted by atomic mass is 9.93. The number of carbonyl (C=O) groups excluding carboxylic acids is 1. The standard InChI is InChI=1S/C17H24N2O/c1-2-4-17(20)19-10-3-5-15-11-13-6-8-18-9-7-14(13)12-16(15)19/h11-12,18H,2-10H2,1H3. The minimum absolute atomic E-state index is 0.292. The number of nitrogens with one attached hydrogen (secondary N) is 1. The first-order valence-corrected chi connectivity index (χ1v) is 7.95. The minimum atomic E-state index is 0.292. The van der Waals surface area contributed by atoms with E-state index in [1.165, 1.54) is 22.4 Å². The molecular weight excluding hydrogens is 248 g/mol. The van der Waals surface area contributed by atoms with E-state index in [-0.39, 0.29) is 0 Å². The molecule has 0 saturated carbocycles. The van der Waals surface area contributed by atoms with Gasteiger partial charge in [0.15, 0.2) is 0 Å². The van der Waals surface area contributed by atoms with E-state index in [0.29, 0.717) is 12.3 Å². The van der Waals surface area contributed by atoms with Crippen molar-refractivity contribution in [2.24, 2.45) is 0 Å². The van der Waals surface area contributed by atoms with Crippen LogP contribution in [-0.4, -0.2) is 25.5 Å². The summed E-state index contributed by atoms with van der Waals surface area (Å²) in [6, 6.07) is 4.66. The Morgan fingerprint density at radius 3 is 2.65 bits per heavy atom. The number of fused-ring (bicyclic) bond motifs is 2. The van der Waals surface area contributed by atoms with Crippen molar-refractivity contribution in [2.75, 3.05) is 24.5 Å². The van der Waals surface area contributed by atoms with Crippen LogP contribution in [0.4, 0.5) is 5.69 Å². The molecule has 2 aliphatic heterocycles. The first-order chi connectivity index (χ1) is 9.79. The molecule has 1 aromatic carbocycles. The number of benzene rings is 1. The fourth-order valence-corrected chi connectivity index (χ4v) is 3.37. The predicted molar refractivity (Wildman–Crippen MR) is 82.3 cm³/mol. The molecule has 0 aromatic heterocycles. The quantitative estimate of drug-likeness (QED) is 0.897. The maximum Gasteiger partial charge on any atom is 0.226 e. The molecule has 0 spiro atoms. The normalized spacial score (nSPS) is 18.1. The van der Waals surface area contributed by atoms with E-state index in [0.717, 1.165) is 51.7 Å². The Morgan fingerprint density at radius 1 is 1.15 bits per heavy atom. The average Bonchev–Trinajstić information content (AvgIpc) is 2.69. The summed E-state index contributed by atoms with van der Waals surface area (Å²) in [4.78, 5) is 14.3. The van der Waals surface area contributed by atoms with E-state index < -0.39 is 0 Å². The highest BCUT2D eigenvalue weighted by Crippen LogP contribution is 2.31. The van der Waals surface area contributed by atoms with Crippen LogP contribution >= 0.6 is 0 Å². The molecule has 0 radical (unpaired) electrons. The summed E-state index contributed by atoms with van der Waals surface area (Å²) in [7, 11) is 0. The van der Waals surface area contributed by atoms with Crippen molar-refractivity contribution in [1.29, 1.82) is 0 Å². The molecule has 3 rings (SSSR count). The lowest BCUT2D eigenvalue weighted by Gasteiger charge is -2.31. The lowest BCUT2D eigenvalue weighted by molar-refractivity contribution is -0.118. The molecule has 2 aliphatic rings. The van der Waals surface area contributed by atoms with Crippen LogP contribution in [0.15, 0.2) is 12.1 Å². The molecule has 0 bridgehead atoms. The van der Waals surface area contributed by atoms with E-state index in [1.807, 2.05) is 4.90 Å². The maximum absolute atomic E-state index is 12.3. The van der Waals surface area contributed by atoms with Gasteiger partial charge in [-0.1, -0.05) is 13.0 Å². The summed E-state index contributed by atoms with van der Waals surface area (Å²) in [5.41, 5.74) is 5.49. The lowest BCUT2D eigenvalue weighted by Crippen LogP contribution is -2.35. The Morgan fingerprint density at radius 2 is 1.90 bits per heavy atom. The zero-order chi connectivity index (χ0) is 13.9. The summed E-state index contributed by atoms with van der Waals surface area (Å²) in [5.74, 6) is 0.292. The molecule has 2 heterocycles. The Balaban J connectivity index is 1.96. The third kappa shape index (κ3) is 2.59. The van der Waals surface area contributed by atoms with E-state index in [4.69, 9.17) is 0 Å². The van der Waals surface area contributed by atoms with Gasteiger partial charge < -0.3 is 10.2 Å². The smallest absolute Gasteiger partial charge is 0.226 e. The van der Waals surface area contributed by atoms with Gasteiger partial charge in [-0.25, -0.2) is 0 Å². The molecule has 108 valence electrons. The number of nitrogens with zero attached hydrogens (tertiary/aromatic N) is 1. The fraction of sp³-hybridized carbons (Fsp3) is 0.588. The Bertz CT molecular complexity index is 510. The van der Waals surface area contributed by atoms with E-state index in [2.05, 4.69) is 24.4 Å². The van der Waals surface area contributed by atoms with Gasteiger partial charge in [-0.15, -0.1) is 0 Å². The van der Waals surface area contributed by atoms with Crippen molar-refractivity contribution in [3.05, 3.63) is 28.8 Å². The van der Waals surface area contributed by atoms with Crippen molar-refractivity contribution in [1.82, 2.24) is 5.32 Å². The minimum Gasteiger partial charge on any atom is -0.316 e. The second-order valence-electron chi connectivity index (χ2n) is 5.90. The highest BCUT2D eigenvalue weighted by atomic mass is 16.2. The summed E-state index contributed by atoms with van der Waals surface area (Å²) in [6.07, 6.45) is 6.01. The van der Waals surface area contributed by atoms with Crippen LogP contribution in [0.3, 0.4) is 0 Å². The topological polar surface area (TPSA) is 32.3 Å². The van der Waals surface area contributed by atoms with Crippen molar-refractivity contribution < 1.29 is 4.79 Å². The number of aryl methyl sites for hydroxylation is 1. The number of amides is 1. The second-order valence-corrected chi connectivity index (χ2v) is 5.90. The number of anilines is 1. The van der Waals surface area contributed by atoms with Crippen LogP contribution in [-0.2, 0) is 24.1 Å². The molecule has 0 aliphatic carbocycles. The third-order valence-corrected chi connectivity index (χ3v) is 4.43. The SMILES string of the molecule is CCCC(=O)N1CCCc2cc3c(cc21)CCNCC3. The molecule has 1 amide bonds. The molecule has 3 nitrogen and oxygen atoms in total. The maximum atomic E-state index is 12.3. The molecule has 20 heavy (non-hydrogen) atoms. The van der Waals surface area contributed by atoms with Crippen LogP contribution in [0.2, 0.25) is 0 Å². The van der Waals surface area contributed by atoms with Gasteiger partial charge in [0.2, 0.25) is 5.91 Å². The van der Waals surface area contributed by atoms with Crippen LogP contribution in [0.5, 0.6) is 0 Å². The summed E-state index contributed by atoms with van der Waals surface area (Å²) >= 11 is 0. The van der Waals surface area contributed by atoms with Crippen LogP contribution in [0, 0.1) is 0 Å². The number of carbonyl (C=O) groups is 1. The van der Waals surface area contributed by atoms with Crippen molar-refractivity contribution in [3.8, 4) is 0 Å². The highest BCUT2D eigenvalue weighted by Gasteiger charge is 2.23. The van der Waals surface area contributed by atoms with Gasteiger partial charge in [-0.05, 0) is 68.0 Å². The Labute approximate surface area is 121 Å². The summed E-state index contributed by atoms with van der Waals surface area (Å²) < 4.78 is 0. The van der Waals surface area contributed by atoms with Crippen LogP contribution in [0.1, 0.15) is 42.9 Å². The Hall–Kier alpha value is -1.35. The largest absolute Gasteiger partial charge is 0.316 e. The van der Waals surface area contributed by atoms with E-state index in [9.17, 15) is 4.79 Å². The molecular formula is C17H24N2O. The van der Waals surface area contributed by atoms with Gasteiger partial charge in [0.25, 0.3) is 0 Å². The van der Waals surface area contributed by atoms with Gasteiger partial charge in [-0.2, -0.15) is 0 Å². The second kappa shape index (κ2) is 5.96. The molecule has 1 aromatic rings. The molecule has 0 fully saturated rings. The molecule has 0 atom stereocenters. The van der Waals surface area contributed by atoms with Gasteiger partial charge in [0, 0.05) is 18.7 Å². The van der Waals surface area contributed by atoms with Crippen molar-refractivity contribution in [2.45, 2.75) is 45.4 Å². The zero-order valence-electron chi connectivity index (χ0n) is 12.4. The molecule has 3 heteroatoms. The number of rotatable bonds is 2. The zero-order valence-corrected chi connectivity index (χ0v) is 12.4. The van der Waals surface area contributed by atoms with E-state index >= 15 is 0 Å². The fourth-order valence-electron chi connectivity index (χ4n) is 3.37. The Kier molecular flexibility index (Phi) is 4.06. The third-order valence-electron chi connectivity index (χ3n) is 4.43. The molecule has 0 saturated heterocycles. The number of hydrogen-bond acceptors (Lipinski definition) is 2. The summed E-state index contributed by atoms with van der Waals surface area (Å²) in [5, 5.41) is 3.46. The van der Waals surface area contributed by atoms with Crippen molar-refractivity contribution in [3.63, 3.8) is 0 Å². The van der Waals surface area contributed by atoms with Crippen molar-refractivity contribution >= 4 is 11.6 Å². The average molecular weight is 272 g/mol.